The number of amides is 1. The number of hydrogen-bond donors (Lipinski definition) is 2. The van der Waals surface area contributed by atoms with Crippen molar-refractivity contribution in [3.63, 3.8) is 0 Å². The smallest absolute Gasteiger partial charge is 0.256 e. The van der Waals surface area contributed by atoms with Gasteiger partial charge in [0.05, 0.1) is 44.2 Å². The Morgan fingerprint density at radius 1 is 1.14 bits per heavy atom. The van der Waals surface area contributed by atoms with E-state index in [0.29, 0.717) is 43.4 Å². The van der Waals surface area contributed by atoms with Crippen molar-refractivity contribution in [1.29, 1.82) is 0 Å². The number of aromatic amines is 1. The molecule has 0 unspecified atom stereocenters. The van der Waals surface area contributed by atoms with Crippen LogP contribution in [0.2, 0.25) is 0 Å². The van der Waals surface area contributed by atoms with Gasteiger partial charge in [-0.05, 0) is 69.0 Å². The molecule has 0 bridgehead atoms. The van der Waals surface area contributed by atoms with Gasteiger partial charge in [-0.25, -0.2) is 4.98 Å². The predicted octanol–water partition coefficient (Wildman–Crippen LogP) is 1.84. The Kier molecular flexibility index (Phi) is 7.24. The maximum absolute atomic E-state index is 12.9. The Morgan fingerprint density at radius 3 is 2.66 bits per heavy atom. The van der Waals surface area contributed by atoms with E-state index in [1.807, 2.05) is 24.3 Å². The molecule has 0 atom stereocenters. The first-order valence-corrected chi connectivity index (χ1v) is 12.5. The number of fused-ring (bicyclic) bond motifs is 1. The second-order valence-corrected chi connectivity index (χ2v) is 9.71. The molecule has 1 aromatic heterocycles. The Morgan fingerprint density at radius 2 is 1.91 bits per heavy atom. The number of Topliss-reactive ketones (excluding diaryl/α,β-unsaturated/α-hetero) is 1. The zero-order chi connectivity index (χ0) is 24.2. The molecule has 2 aliphatic heterocycles. The molecule has 0 radical (unpaired) electrons. The lowest BCUT2D eigenvalue weighted by Crippen LogP contribution is -2.42. The standard InChI is InChI=1S/C26H32N4O5/c31-24(27-13-23-28-22-9-12-34-16-21(22)26(33)29-23)14-30-10-7-19(8-11-30)25(32)18-3-5-20(6-4-18)35-15-17-1-2-17/h3-6,17,19H,1-2,7-16H2,(H,27,31)(H,28,29,33). The van der Waals surface area contributed by atoms with Crippen LogP contribution in [-0.4, -0.2) is 59.4 Å². The Balaban J connectivity index is 1.05. The molecule has 3 aliphatic rings. The van der Waals surface area contributed by atoms with Crippen LogP contribution >= 0.6 is 0 Å². The number of nitrogens with zero attached hydrogens (tertiary/aromatic N) is 2. The van der Waals surface area contributed by atoms with Gasteiger partial charge in [-0.2, -0.15) is 0 Å². The van der Waals surface area contributed by atoms with E-state index in [2.05, 4.69) is 20.2 Å². The fraction of sp³-hybridized carbons (Fsp3) is 0.538. The van der Waals surface area contributed by atoms with Gasteiger partial charge >= 0.3 is 0 Å². The maximum atomic E-state index is 12.9. The second-order valence-electron chi connectivity index (χ2n) is 9.71. The zero-order valence-electron chi connectivity index (χ0n) is 19.9. The largest absolute Gasteiger partial charge is 0.493 e. The molecule has 3 heterocycles. The fourth-order valence-electron chi connectivity index (χ4n) is 4.62. The molecule has 9 heteroatoms. The summed E-state index contributed by atoms with van der Waals surface area (Å²) in [5.74, 6) is 1.98. The number of hydrogen-bond acceptors (Lipinski definition) is 7. The summed E-state index contributed by atoms with van der Waals surface area (Å²) in [6.07, 6.45) is 4.56. The van der Waals surface area contributed by atoms with Crippen molar-refractivity contribution >= 4 is 11.7 Å². The van der Waals surface area contributed by atoms with Gasteiger partial charge in [0.1, 0.15) is 11.6 Å². The van der Waals surface area contributed by atoms with Gasteiger partial charge in [0.2, 0.25) is 5.91 Å². The van der Waals surface area contributed by atoms with Gasteiger partial charge in [-0.15, -0.1) is 0 Å². The van der Waals surface area contributed by atoms with E-state index in [9.17, 15) is 14.4 Å². The number of aromatic nitrogens is 2. The molecule has 9 nitrogen and oxygen atoms in total. The van der Waals surface area contributed by atoms with Crippen LogP contribution in [0, 0.1) is 11.8 Å². The summed E-state index contributed by atoms with van der Waals surface area (Å²) in [5.41, 5.74) is 1.84. The number of piperidine rings is 1. The molecule has 35 heavy (non-hydrogen) atoms. The quantitative estimate of drug-likeness (QED) is 0.527. The third-order valence-corrected chi connectivity index (χ3v) is 6.98. The van der Waals surface area contributed by atoms with Crippen LogP contribution in [0.5, 0.6) is 5.75 Å². The Labute approximate surface area is 204 Å². The third-order valence-electron chi connectivity index (χ3n) is 6.98. The summed E-state index contributed by atoms with van der Waals surface area (Å²) in [6.45, 7) is 3.42. The Bertz CT molecular complexity index is 1120. The van der Waals surface area contributed by atoms with Gasteiger partial charge in [-0.3, -0.25) is 19.3 Å². The minimum atomic E-state index is -0.203. The fourth-order valence-corrected chi connectivity index (χ4v) is 4.62. The summed E-state index contributed by atoms with van der Waals surface area (Å²) >= 11 is 0. The first kappa shape index (κ1) is 23.7. The highest BCUT2D eigenvalue weighted by molar-refractivity contribution is 5.98. The first-order chi connectivity index (χ1) is 17.0. The van der Waals surface area contributed by atoms with E-state index in [-0.39, 0.29) is 42.9 Å². The number of likely N-dealkylation sites (tertiary alicyclic amines) is 1. The number of carbonyl (C=O) groups excluding carboxylic acids is 2. The SMILES string of the molecule is O=C(CN1CCC(C(=O)c2ccc(OCC3CC3)cc2)CC1)NCc1nc2c(c(=O)[nH]1)COCC2. The molecule has 5 rings (SSSR count). The van der Waals surface area contributed by atoms with Crippen LogP contribution in [0.15, 0.2) is 29.1 Å². The lowest BCUT2D eigenvalue weighted by molar-refractivity contribution is -0.122. The minimum absolute atomic E-state index is 0.0266. The van der Waals surface area contributed by atoms with Crippen molar-refractivity contribution in [3.05, 3.63) is 57.3 Å². The molecule has 2 aromatic rings. The van der Waals surface area contributed by atoms with Gasteiger partial charge < -0.3 is 19.8 Å². The van der Waals surface area contributed by atoms with Gasteiger partial charge in [0, 0.05) is 17.9 Å². The number of rotatable bonds is 9. The summed E-state index contributed by atoms with van der Waals surface area (Å²) in [7, 11) is 0. The van der Waals surface area contributed by atoms with E-state index in [4.69, 9.17) is 9.47 Å². The van der Waals surface area contributed by atoms with E-state index < -0.39 is 0 Å². The Hall–Kier alpha value is -3.04. The molecular weight excluding hydrogens is 448 g/mol. The molecule has 1 saturated heterocycles. The van der Waals surface area contributed by atoms with Crippen LogP contribution in [0.1, 0.15) is 53.1 Å². The van der Waals surface area contributed by atoms with Crippen molar-refractivity contribution in [2.75, 3.05) is 32.8 Å². The number of benzene rings is 1. The molecule has 1 amide bonds. The van der Waals surface area contributed by atoms with E-state index in [0.717, 1.165) is 36.5 Å². The normalized spacial score (nSPS) is 18.6. The van der Waals surface area contributed by atoms with Crippen molar-refractivity contribution < 1.29 is 19.1 Å². The lowest BCUT2D eigenvalue weighted by atomic mass is 9.89. The van der Waals surface area contributed by atoms with Gasteiger partial charge in [0.15, 0.2) is 5.78 Å². The van der Waals surface area contributed by atoms with Crippen LogP contribution in [0.4, 0.5) is 0 Å². The highest BCUT2D eigenvalue weighted by Crippen LogP contribution is 2.30. The average Bonchev–Trinajstić information content (AvgIpc) is 3.71. The number of ether oxygens (including phenoxy) is 2. The molecule has 2 fully saturated rings. The number of carbonyl (C=O) groups is 2. The highest BCUT2D eigenvalue weighted by Gasteiger charge is 2.27. The molecule has 1 aliphatic carbocycles. The molecule has 186 valence electrons. The summed E-state index contributed by atoms with van der Waals surface area (Å²) in [6, 6.07) is 7.48. The van der Waals surface area contributed by atoms with E-state index >= 15 is 0 Å². The summed E-state index contributed by atoms with van der Waals surface area (Å²) in [5, 5.41) is 2.84. The average molecular weight is 481 g/mol. The maximum Gasteiger partial charge on any atom is 0.256 e. The van der Waals surface area contributed by atoms with Crippen molar-refractivity contribution in [2.45, 2.75) is 45.3 Å². The summed E-state index contributed by atoms with van der Waals surface area (Å²) in [4.78, 5) is 46.8. The van der Waals surface area contributed by atoms with Crippen molar-refractivity contribution in [2.24, 2.45) is 11.8 Å². The number of H-pyrrole nitrogens is 1. The monoisotopic (exact) mass is 480 g/mol. The molecule has 2 N–H and O–H groups in total. The van der Waals surface area contributed by atoms with Gasteiger partial charge in [0.25, 0.3) is 5.56 Å². The zero-order valence-corrected chi connectivity index (χ0v) is 19.9. The summed E-state index contributed by atoms with van der Waals surface area (Å²) < 4.78 is 11.1. The van der Waals surface area contributed by atoms with E-state index in [1.165, 1.54) is 12.8 Å². The minimum Gasteiger partial charge on any atom is -0.493 e. The lowest BCUT2D eigenvalue weighted by Gasteiger charge is -2.30. The topological polar surface area (TPSA) is 114 Å². The van der Waals surface area contributed by atoms with E-state index in [1.54, 1.807) is 0 Å². The van der Waals surface area contributed by atoms with Crippen LogP contribution < -0.4 is 15.6 Å². The molecule has 0 spiro atoms. The molecule has 1 aromatic carbocycles. The third kappa shape index (κ3) is 6.15. The second kappa shape index (κ2) is 10.7. The predicted molar refractivity (Wildman–Crippen MR) is 128 cm³/mol. The van der Waals surface area contributed by atoms with Crippen LogP contribution in [0.25, 0.3) is 0 Å². The van der Waals surface area contributed by atoms with Crippen molar-refractivity contribution in [3.8, 4) is 5.75 Å². The number of nitrogens with one attached hydrogen (secondary N) is 2. The first-order valence-electron chi connectivity index (χ1n) is 12.5. The van der Waals surface area contributed by atoms with Crippen molar-refractivity contribution in [1.82, 2.24) is 20.2 Å². The van der Waals surface area contributed by atoms with Crippen LogP contribution in [-0.2, 0) is 29.1 Å². The van der Waals surface area contributed by atoms with Gasteiger partial charge in [-0.1, -0.05) is 0 Å². The number of ketones is 1. The van der Waals surface area contributed by atoms with Crippen LogP contribution in [0.3, 0.4) is 0 Å². The molecular formula is C26H32N4O5. The highest BCUT2D eigenvalue weighted by atomic mass is 16.5. The molecule has 1 saturated carbocycles.